The highest BCUT2D eigenvalue weighted by atomic mass is 16.7. The van der Waals surface area contributed by atoms with Crippen molar-refractivity contribution in [1.29, 1.82) is 0 Å². The Labute approximate surface area is 88.0 Å². The number of benzene rings is 1. The van der Waals surface area contributed by atoms with E-state index in [1.54, 1.807) is 24.3 Å². The van der Waals surface area contributed by atoms with Gasteiger partial charge in [-0.3, -0.25) is 9.63 Å². The van der Waals surface area contributed by atoms with Gasteiger partial charge in [0.1, 0.15) is 0 Å². The van der Waals surface area contributed by atoms with Crippen LogP contribution in [0.1, 0.15) is 23.7 Å². The maximum absolute atomic E-state index is 11.8. The molecule has 1 heterocycles. The minimum atomic E-state index is -0.840. The Bertz CT molecular complexity index is 352. The number of nitrogens with zero attached hydrogens (tertiary/aromatic N) is 1. The molecule has 2 rings (SSSR count). The van der Waals surface area contributed by atoms with Gasteiger partial charge in [-0.05, 0) is 19.1 Å². The summed E-state index contributed by atoms with van der Waals surface area (Å²) in [6, 6.07) is 8.78. The van der Waals surface area contributed by atoms with Gasteiger partial charge < -0.3 is 5.11 Å². The van der Waals surface area contributed by atoms with E-state index in [0.29, 0.717) is 12.0 Å². The molecule has 1 aromatic carbocycles. The predicted molar refractivity (Wildman–Crippen MR) is 53.8 cm³/mol. The molecule has 1 fully saturated rings. The van der Waals surface area contributed by atoms with Crippen LogP contribution in [-0.2, 0) is 4.84 Å². The third kappa shape index (κ3) is 2.00. The molecule has 2 atom stereocenters. The second-order valence-electron chi connectivity index (χ2n) is 3.63. The van der Waals surface area contributed by atoms with Gasteiger partial charge in [-0.2, -0.15) is 5.06 Å². The largest absolute Gasteiger partial charge is 0.371 e. The zero-order valence-corrected chi connectivity index (χ0v) is 8.46. The molecule has 15 heavy (non-hydrogen) atoms. The Morgan fingerprint density at radius 3 is 2.67 bits per heavy atom. The average Bonchev–Trinajstić information content (AvgIpc) is 2.58. The van der Waals surface area contributed by atoms with Gasteiger partial charge in [0.25, 0.3) is 5.91 Å². The molecular formula is C11H13NO3. The number of amides is 1. The lowest BCUT2D eigenvalue weighted by Crippen LogP contribution is -2.34. The summed E-state index contributed by atoms with van der Waals surface area (Å²) in [6.07, 6.45) is -0.501. The molecule has 0 aliphatic carbocycles. The van der Waals surface area contributed by atoms with Crippen molar-refractivity contribution in [3.63, 3.8) is 0 Å². The summed E-state index contributed by atoms with van der Waals surface area (Å²) in [7, 11) is 0. The van der Waals surface area contributed by atoms with Crippen molar-refractivity contribution in [1.82, 2.24) is 5.06 Å². The minimum Gasteiger partial charge on any atom is -0.371 e. The van der Waals surface area contributed by atoms with Crippen LogP contribution in [0.25, 0.3) is 0 Å². The second kappa shape index (κ2) is 4.00. The molecule has 1 aliphatic rings. The van der Waals surface area contributed by atoms with Crippen molar-refractivity contribution in [2.24, 2.45) is 0 Å². The van der Waals surface area contributed by atoms with Gasteiger partial charge >= 0.3 is 0 Å². The Morgan fingerprint density at radius 1 is 1.47 bits per heavy atom. The molecule has 0 spiro atoms. The van der Waals surface area contributed by atoms with Gasteiger partial charge in [-0.15, -0.1) is 0 Å². The first-order chi connectivity index (χ1) is 7.18. The van der Waals surface area contributed by atoms with Gasteiger partial charge in [-0.25, -0.2) is 0 Å². The first-order valence-electron chi connectivity index (χ1n) is 4.92. The molecule has 1 N–H and O–H groups in total. The van der Waals surface area contributed by atoms with Gasteiger partial charge in [0, 0.05) is 12.0 Å². The molecule has 0 bridgehead atoms. The second-order valence-corrected chi connectivity index (χ2v) is 3.63. The summed E-state index contributed by atoms with van der Waals surface area (Å²) in [5.41, 5.74) is 0.519. The van der Waals surface area contributed by atoms with Crippen LogP contribution in [0.2, 0.25) is 0 Å². The molecule has 1 aromatic rings. The number of aliphatic hydroxyl groups excluding tert-OH is 1. The van der Waals surface area contributed by atoms with Gasteiger partial charge in [0.2, 0.25) is 0 Å². The van der Waals surface area contributed by atoms with Crippen LogP contribution in [0.3, 0.4) is 0 Å². The molecule has 1 aliphatic heterocycles. The number of rotatable bonds is 1. The van der Waals surface area contributed by atoms with Crippen LogP contribution in [-0.4, -0.2) is 28.4 Å². The molecule has 0 radical (unpaired) electrons. The first kappa shape index (κ1) is 10.1. The lowest BCUT2D eigenvalue weighted by molar-refractivity contribution is -0.159. The van der Waals surface area contributed by atoms with Gasteiger partial charge in [0.05, 0.1) is 6.10 Å². The highest BCUT2D eigenvalue weighted by Crippen LogP contribution is 2.21. The van der Waals surface area contributed by atoms with Crippen LogP contribution >= 0.6 is 0 Å². The smallest absolute Gasteiger partial charge is 0.279 e. The molecular weight excluding hydrogens is 194 g/mol. The summed E-state index contributed by atoms with van der Waals surface area (Å²) in [6.45, 7) is 1.82. The molecule has 4 nitrogen and oxygen atoms in total. The number of hydroxylamine groups is 2. The molecule has 2 unspecified atom stereocenters. The summed E-state index contributed by atoms with van der Waals surface area (Å²) >= 11 is 0. The lowest BCUT2D eigenvalue weighted by atomic mass is 10.2. The van der Waals surface area contributed by atoms with E-state index < -0.39 is 6.23 Å². The fourth-order valence-electron chi connectivity index (χ4n) is 1.59. The zero-order valence-electron chi connectivity index (χ0n) is 8.46. The Kier molecular flexibility index (Phi) is 2.70. The summed E-state index contributed by atoms with van der Waals surface area (Å²) in [5, 5.41) is 10.6. The fourth-order valence-corrected chi connectivity index (χ4v) is 1.59. The number of carbonyl (C=O) groups is 1. The normalized spacial score (nSPS) is 25.6. The summed E-state index contributed by atoms with van der Waals surface area (Å²) < 4.78 is 0. The molecule has 0 aromatic heterocycles. The van der Waals surface area contributed by atoms with Crippen LogP contribution in [0.4, 0.5) is 0 Å². The first-order valence-corrected chi connectivity index (χ1v) is 4.92. The number of carbonyl (C=O) groups excluding carboxylic acids is 1. The van der Waals surface area contributed by atoms with E-state index in [1.165, 1.54) is 0 Å². The van der Waals surface area contributed by atoms with E-state index >= 15 is 0 Å². The van der Waals surface area contributed by atoms with E-state index in [9.17, 15) is 9.90 Å². The van der Waals surface area contributed by atoms with Crippen LogP contribution < -0.4 is 0 Å². The highest BCUT2D eigenvalue weighted by molar-refractivity contribution is 5.93. The summed E-state index contributed by atoms with van der Waals surface area (Å²) in [5.74, 6) is -0.299. The van der Waals surface area contributed by atoms with Crippen molar-refractivity contribution >= 4 is 5.91 Å². The van der Waals surface area contributed by atoms with Gasteiger partial charge in [-0.1, -0.05) is 18.2 Å². The molecule has 4 heteroatoms. The van der Waals surface area contributed by atoms with Crippen molar-refractivity contribution in [3.05, 3.63) is 35.9 Å². The average molecular weight is 207 g/mol. The van der Waals surface area contributed by atoms with Crippen molar-refractivity contribution in [3.8, 4) is 0 Å². The SMILES string of the molecule is CC1CC(O)N(C(=O)c2ccccc2)O1. The maximum atomic E-state index is 11.8. The Hall–Kier alpha value is -1.39. The van der Waals surface area contributed by atoms with E-state index in [0.717, 1.165) is 5.06 Å². The van der Waals surface area contributed by atoms with E-state index in [-0.39, 0.29) is 12.0 Å². The molecule has 0 saturated carbocycles. The standard InChI is InChI=1S/C11H13NO3/c1-8-7-10(13)12(15-8)11(14)9-5-3-2-4-6-9/h2-6,8,10,13H,7H2,1H3. The fraction of sp³-hybridized carbons (Fsp3) is 0.364. The molecule has 80 valence electrons. The Morgan fingerprint density at radius 2 is 2.13 bits per heavy atom. The minimum absolute atomic E-state index is 0.118. The van der Waals surface area contributed by atoms with Crippen LogP contribution in [0.5, 0.6) is 0 Å². The van der Waals surface area contributed by atoms with E-state index in [4.69, 9.17) is 4.84 Å². The highest BCUT2D eigenvalue weighted by Gasteiger charge is 2.33. The predicted octanol–water partition coefficient (Wildman–Crippen LogP) is 1.17. The van der Waals surface area contributed by atoms with E-state index in [1.807, 2.05) is 13.0 Å². The quantitative estimate of drug-likeness (QED) is 0.752. The van der Waals surface area contributed by atoms with Crippen molar-refractivity contribution < 1.29 is 14.7 Å². The van der Waals surface area contributed by atoms with E-state index in [2.05, 4.69) is 0 Å². The summed E-state index contributed by atoms with van der Waals surface area (Å²) in [4.78, 5) is 17.1. The third-order valence-electron chi connectivity index (χ3n) is 2.33. The monoisotopic (exact) mass is 207 g/mol. The molecule has 1 saturated heterocycles. The van der Waals surface area contributed by atoms with Crippen molar-refractivity contribution in [2.45, 2.75) is 25.7 Å². The zero-order chi connectivity index (χ0) is 10.8. The third-order valence-corrected chi connectivity index (χ3v) is 2.33. The van der Waals surface area contributed by atoms with Gasteiger partial charge in [0.15, 0.2) is 6.23 Å². The number of hydrogen-bond acceptors (Lipinski definition) is 3. The lowest BCUT2D eigenvalue weighted by Gasteiger charge is -2.18. The van der Waals surface area contributed by atoms with Crippen LogP contribution in [0.15, 0.2) is 30.3 Å². The van der Waals surface area contributed by atoms with Crippen molar-refractivity contribution in [2.75, 3.05) is 0 Å². The van der Waals surface area contributed by atoms with Crippen LogP contribution in [0, 0.1) is 0 Å². The maximum Gasteiger partial charge on any atom is 0.279 e. The Balaban J connectivity index is 2.15. The topological polar surface area (TPSA) is 49.8 Å². The molecule has 1 amide bonds. The number of hydrogen-bond donors (Lipinski definition) is 1. The number of aliphatic hydroxyl groups is 1.